The summed E-state index contributed by atoms with van der Waals surface area (Å²) in [6.07, 6.45) is 1.30. The van der Waals surface area contributed by atoms with Crippen LogP contribution in [0.5, 0.6) is 0 Å². The number of amides is 1. The van der Waals surface area contributed by atoms with Gasteiger partial charge in [0.1, 0.15) is 12.6 Å². The van der Waals surface area contributed by atoms with Crippen molar-refractivity contribution in [1.82, 2.24) is 9.88 Å². The molecule has 0 aliphatic carbocycles. The minimum atomic E-state index is -1.11. The summed E-state index contributed by atoms with van der Waals surface area (Å²) in [6.45, 7) is 8.06. The number of rotatable bonds is 7. The van der Waals surface area contributed by atoms with Gasteiger partial charge in [0.05, 0.1) is 0 Å². The standard InChI is InChI=1S/C26H24N2O4.2C2H6/c1-28-16-21(22-9-5-6-10-24(22)28)15-23(25(29)30)27-26(31)32-17-18-11-13-20(14-12-18)19-7-3-2-4-8-19;2*1-2/h2-14,16,23H,15,17H2,1H3,(H,27,31)(H,29,30);2*1-2H3. The molecule has 1 atom stereocenters. The van der Waals surface area contributed by atoms with Crippen molar-refractivity contribution >= 4 is 23.0 Å². The summed E-state index contributed by atoms with van der Waals surface area (Å²) in [7, 11) is 1.91. The smallest absolute Gasteiger partial charge is 0.408 e. The molecule has 0 fully saturated rings. The highest BCUT2D eigenvalue weighted by atomic mass is 16.5. The Morgan fingerprint density at radius 1 is 0.861 bits per heavy atom. The second-order valence-electron chi connectivity index (χ2n) is 7.66. The molecule has 0 radical (unpaired) electrons. The maximum Gasteiger partial charge on any atom is 0.408 e. The van der Waals surface area contributed by atoms with Crippen LogP contribution in [0.2, 0.25) is 0 Å². The lowest BCUT2D eigenvalue weighted by molar-refractivity contribution is -0.139. The van der Waals surface area contributed by atoms with Crippen molar-refractivity contribution in [3.05, 3.63) is 96.2 Å². The minimum Gasteiger partial charge on any atom is -0.480 e. The fraction of sp³-hybridized carbons (Fsp3) is 0.267. The first-order chi connectivity index (χ1) is 17.5. The van der Waals surface area contributed by atoms with E-state index >= 15 is 0 Å². The van der Waals surface area contributed by atoms with E-state index in [2.05, 4.69) is 5.32 Å². The Labute approximate surface area is 213 Å². The largest absolute Gasteiger partial charge is 0.480 e. The summed E-state index contributed by atoms with van der Waals surface area (Å²) < 4.78 is 7.21. The number of aromatic nitrogens is 1. The van der Waals surface area contributed by atoms with E-state index in [9.17, 15) is 14.7 Å². The SMILES string of the molecule is CC.CC.Cn1cc(CC(NC(=O)OCc2ccc(-c3ccccc3)cc2)C(=O)O)c2ccccc21. The Hall–Kier alpha value is -4.06. The van der Waals surface area contributed by atoms with Crippen molar-refractivity contribution in [3.63, 3.8) is 0 Å². The van der Waals surface area contributed by atoms with Crippen LogP contribution in [-0.4, -0.2) is 27.8 Å². The van der Waals surface area contributed by atoms with E-state index in [4.69, 9.17) is 4.74 Å². The molecule has 0 aliphatic heterocycles. The lowest BCUT2D eigenvalue weighted by Gasteiger charge is -2.14. The van der Waals surface area contributed by atoms with Gasteiger partial charge >= 0.3 is 12.1 Å². The van der Waals surface area contributed by atoms with Crippen LogP contribution in [-0.2, 0) is 29.6 Å². The summed E-state index contributed by atoms with van der Waals surface area (Å²) in [5.74, 6) is -1.11. The van der Waals surface area contributed by atoms with Gasteiger partial charge in [-0.25, -0.2) is 9.59 Å². The number of nitrogens with one attached hydrogen (secondary N) is 1. The van der Waals surface area contributed by atoms with Crippen LogP contribution < -0.4 is 5.32 Å². The summed E-state index contributed by atoms with van der Waals surface area (Å²) in [5, 5.41) is 13.1. The maximum absolute atomic E-state index is 12.3. The number of ether oxygens (including phenoxy) is 1. The van der Waals surface area contributed by atoms with Gasteiger partial charge in [0.25, 0.3) is 0 Å². The Balaban J connectivity index is 0.00000109. The van der Waals surface area contributed by atoms with E-state index in [0.29, 0.717) is 0 Å². The van der Waals surface area contributed by atoms with Gasteiger partial charge in [-0.2, -0.15) is 0 Å². The topological polar surface area (TPSA) is 80.6 Å². The molecule has 1 heterocycles. The van der Waals surface area contributed by atoms with Crippen molar-refractivity contribution in [3.8, 4) is 11.1 Å². The number of carbonyl (C=O) groups is 2. The summed E-state index contributed by atoms with van der Waals surface area (Å²) in [4.78, 5) is 24.0. The maximum atomic E-state index is 12.3. The molecule has 0 bridgehead atoms. The predicted octanol–water partition coefficient (Wildman–Crippen LogP) is 6.82. The lowest BCUT2D eigenvalue weighted by atomic mass is 10.0. The lowest BCUT2D eigenvalue weighted by Crippen LogP contribution is -2.42. The molecule has 0 aliphatic rings. The van der Waals surface area contributed by atoms with E-state index in [1.165, 1.54) is 0 Å². The number of carboxylic acids is 1. The Kier molecular flexibility index (Phi) is 11.2. The number of nitrogens with zero attached hydrogens (tertiary/aromatic N) is 1. The molecule has 190 valence electrons. The van der Waals surface area contributed by atoms with E-state index in [0.717, 1.165) is 33.2 Å². The normalized spacial score (nSPS) is 10.8. The van der Waals surface area contributed by atoms with E-state index in [1.54, 1.807) is 0 Å². The fourth-order valence-corrected chi connectivity index (χ4v) is 3.77. The summed E-state index contributed by atoms with van der Waals surface area (Å²) >= 11 is 0. The van der Waals surface area contributed by atoms with Gasteiger partial charge in [0.2, 0.25) is 0 Å². The van der Waals surface area contributed by atoms with Crippen molar-refractivity contribution in [2.45, 2.75) is 46.8 Å². The predicted molar refractivity (Wildman–Crippen MR) is 146 cm³/mol. The van der Waals surface area contributed by atoms with Gasteiger partial charge in [-0.1, -0.05) is 100 Å². The quantitative estimate of drug-likeness (QED) is 0.299. The molecule has 0 saturated heterocycles. The third-order valence-corrected chi connectivity index (χ3v) is 5.42. The fourth-order valence-electron chi connectivity index (χ4n) is 3.77. The van der Waals surface area contributed by atoms with Gasteiger partial charge in [0.15, 0.2) is 0 Å². The van der Waals surface area contributed by atoms with Crippen LogP contribution in [0.3, 0.4) is 0 Å². The van der Waals surface area contributed by atoms with Crippen LogP contribution in [0, 0.1) is 0 Å². The first-order valence-electron chi connectivity index (χ1n) is 12.3. The third-order valence-electron chi connectivity index (χ3n) is 5.42. The summed E-state index contributed by atoms with van der Waals surface area (Å²) in [6, 6.07) is 24.4. The number of para-hydroxylation sites is 1. The molecule has 2 N–H and O–H groups in total. The first kappa shape index (κ1) is 28.2. The number of carbonyl (C=O) groups excluding carboxylic acids is 1. The highest BCUT2D eigenvalue weighted by molar-refractivity contribution is 5.86. The van der Waals surface area contributed by atoms with Gasteiger partial charge in [-0.15, -0.1) is 0 Å². The number of carboxylic acid groups (broad SMARTS) is 1. The average molecular weight is 489 g/mol. The number of benzene rings is 3. The van der Waals surface area contributed by atoms with Crippen molar-refractivity contribution in [2.75, 3.05) is 0 Å². The molecular weight excluding hydrogens is 452 g/mol. The van der Waals surface area contributed by atoms with E-state index in [-0.39, 0.29) is 13.0 Å². The molecule has 4 rings (SSSR count). The van der Waals surface area contributed by atoms with Crippen LogP contribution in [0.1, 0.15) is 38.8 Å². The van der Waals surface area contributed by atoms with Crippen molar-refractivity contribution < 1.29 is 19.4 Å². The van der Waals surface area contributed by atoms with Crippen molar-refractivity contribution in [1.29, 1.82) is 0 Å². The second kappa shape index (κ2) is 14.4. The summed E-state index contributed by atoms with van der Waals surface area (Å²) in [5.41, 5.74) is 4.86. The third kappa shape index (κ3) is 7.47. The molecule has 4 aromatic rings. The first-order valence-corrected chi connectivity index (χ1v) is 12.3. The van der Waals surface area contributed by atoms with Crippen LogP contribution in [0.25, 0.3) is 22.0 Å². The van der Waals surface area contributed by atoms with Crippen LogP contribution in [0.4, 0.5) is 4.79 Å². The molecule has 1 amide bonds. The highest BCUT2D eigenvalue weighted by Crippen LogP contribution is 2.22. The molecule has 3 aromatic carbocycles. The molecular formula is C30H36N2O4. The van der Waals surface area contributed by atoms with E-state index < -0.39 is 18.1 Å². The number of aryl methyl sites for hydroxylation is 1. The Morgan fingerprint density at radius 2 is 1.44 bits per heavy atom. The number of aliphatic carboxylic acids is 1. The Bertz CT molecular complexity index is 1230. The number of hydrogen-bond donors (Lipinski definition) is 2. The second-order valence-corrected chi connectivity index (χ2v) is 7.66. The highest BCUT2D eigenvalue weighted by Gasteiger charge is 2.23. The minimum absolute atomic E-state index is 0.0571. The van der Waals surface area contributed by atoms with Crippen LogP contribution in [0.15, 0.2) is 85.1 Å². The molecule has 36 heavy (non-hydrogen) atoms. The number of fused-ring (bicyclic) bond motifs is 1. The number of hydrogen-bond acceptors (Lipinski definition) is 3. The van der Waals surface area contributed by atoms with E-state index in [1.807, 2.05) is 124 Å². The number of alkyl carbamates (subject to hydrolysis) is 1. The van der Waals surface area contributed by atoms with Gasteiger partial charge in [-0.3, -0.25) is 0 Å². The molecule has 1 unspecified atom stereocenters. The zero-order chi connectivity index (χ0) is 26.5. The zero-order valence-corrected chi connectivity index (χ0v) is 21.7. The van der Waals surface area contributed by atoms with Crippen molar-refractivity contribution in [2.24, 2.45) is 7.05 Å². The van der Waals surface area contributed by atoms with Gasteiger partial charge in [-0.05, 0) is 28.3 Å². The molecule has 0 saturated carbocycles. The average Bonchev–Trinajstić information content (AvgIpc) is 3.25. The van der Waals surface area contributed by atoms with Gasteiger partial charge in [0, 0.05) is 30.6 Å². The molecule has 6 heteroatoms. The monoisotopic (exact) mass is 488 g/mol. The molecule has 1 aromatic heterocycles. The molecule has 0 spiro atoms. The van der Waals surface area contributed by atoms with Crippen LogP contribution >= 0.6 is 0 Å². The molecule has 6 nitrogen and oxygen atoms in total. The zero-order valence-electron chi connectivity index (χ0n) is 21.7. The van der Waals surface area contributed by atoms with Gasteiger partial charge < -0.3 is 19.7 Å². The Morgan fingerprint density at radius 3 is 2.08 bits per heavy atom.